The van der Waals surface area contributed by atoms with Crippen molar-refractivity contribution in [3.8, 4) is 11.5 Å². The lowest BCUT2D eigenvalue weighted by atomic mass is 10.0. The molecular formula is C27H28N2O4. The van der Waals surface area contributed by atoms with Gasteiger partial charge in [-0.25, -0.2) is 0 Å². The maximum absolute atomic E-state index is 12.5. The zero-order valence-electron chi connectivity index (χ0n) is 18.4. The van der Waals surface area contributed by atoms with Crippen LogP contribution >= 0.6 is 0 Å². The van der Waals surface area contributed by atoms with Crippen molar-refractivity contribution in [2.45, 2.75) is 25.4 Å². The summed E-state index contributed by atoms with van der Waals surface area (Å²) in [5, 5.41) is 12.5. The van der Waals surface area contributed by atoms with Crippen LogP contribution in [0.1, 0.15) is 34.3 Å². The van der Waals surface area contributed by atoms with E-state index in [-0.39, 0.29) is 30.1 Å². The average Bonchev–Trinajstić information content (AvgIpc) is 2.86. The number of piperidine rings is 1. The monoisotopic (exact) mass is 444 g/mol. The van der Waals surface area contributed by atoms with Gasteiger partial charge in [0.15, 0.2) is 12.4 Å². The van der Waals surface area contributed by atoms with Crippen molar-refractivity contribution in [2.24, 2.45) is 0 Å². The quantitative estimate of drug-likeness (QED) is 0.517. The normalized spacial score (nSPS) is 14.5. The van der Waals surface area contributed by atoms with Crippen molar-refractivity contribution in [2.75, 3.05) is 19.7 Å². The number of phenolic OH excluding ortho intramolecular Hbond substituents is 1. The molecule has 0 bridgehead atoms. The van der Waals surface area contributed by atoms with E-state index >= 15 is 0 Å². The molecule has 33 heavy (non-hydrogen) atoms. The molecule has 0 radical (unpaired) electrons. The van der Waals surface area contributed by atoms with E-state index in [1.165, 1.54) is 5.56 Å². The van der Waals surface area contributed by atoms with E-state index < -0.39 is 0 Å². The van der Waals surface area contributed by atoms with Crippen LogP contribution in [0.3, 0.4) is 0 Å². The summed E-state index contributed by atoms with van der Waals surface area (Å²) in [4.78, 5) is 27.1. The number of nitrogens with zero attached hydrogens (tertiary/aromatic N) is 1. The maximum atomic E-state index is 12.5. The van der Waals surface area contributed by atoms with Gasteiger partial charge in [-0.05, 0) is 54.8 Å². The molecule has 2 N–H and O–H groups in total. The van der Waals surface area contributed by atoms with E-state index in [0.717, 1.165) is 32.5 Å². The largest absolute Gasteiger partial charge is 0.508 e. The predicted molar refractivity (Wildman–Crippen MR) is 126 cm³/mol. The molecular weight excluding hydrogens is 416 g/mol. The molecule has 1 amide bonds. The van der Waals surface area contributed by atoms with Gasteiger partial charge in [0.05, 0.1) is 0 Å². The van der Waals surface area contributed by atoms with Gasteiger partial charge in [0, 0.05) is 36.8 Å². The van der Waals surface area contributed by atoms with Gasteiger partial charge in [-0.15, -0.1) is 0 Å². The standard InChI is InChI=1S/C27H28N2O4/c30-24-10-6-20(7-11-24)18-29-16-14-23(15-17-29)28-26(31)19-33-25-12-8-22(9-13-25)27(32)21-4-2-1-3-5-21/h1-13,23,30H,14-19H2,(H,28,31). The minimum Gasteiger partial charge on any atom is -0.508 e. The third-order valence-electron chi connectivity index (χ3n) is 5.82. The van der Waals surface area contributed by atoms with Crippen molar-refractivity contribution in [1.29, 1.82) is 0 Å². The lowest BCUT2D eigenvalue weighted by Crippen LogP contribution is -2.45. The molecule has 1 heterocycles. The number of nitrogens with one attached hydrogen (secondary N) is 1. The molecule has 0 atom stereocenters. The number of carbonyl (C=O) groups excluding carboxylic acids is 2. The highest BCUT2D eigenvalue weighted by Gasteiger charge is 2.21. The molecule has 0 aromatic heterocycles. The summed E-state index contributed by atoms with van der Waals surface area (Å²) in [6.45, 7) is 2.60. The zero-order valence-corrected chi connectivity index (χ0v) is 18.4. The first kappa shape index (κ1) is 22.6. The minimum atomic E-state index is -0.142. The molecule has 1 aliphatic heterocycles. The molecule has 0 aliphatic carbocycles. The Kier molecular flexibility index (Phi) is 7.37. The van der Waals surface area contributed by atoms with Crippen LogP contribution in [0, 0.1) is 0 Å². The number of ether oxygens (including phenoxy) is 1. The van der Waals surface area contributed by atoms with Crippen LogP contribution < -0.4 is 10.1 Å². The number of likely N-dealkylation sites (tertiary alicyclic amines) is 1. The third kappa shape index (κ3) is 6.43. The predicted octanol–water partition coefficient (Wildman–Crippen LogP) is 3.78. The molecule has 0 unspecified atom stereocenters. The highest BCUT2D eigenvalue weighted by Crippen LogP contribution is 2.17. The van der Waals surface area contributed by atoms with Gasteiger partial charge >= 0.3 is 0 Å². The van der Waals surface area contributed by atoms with E-state index in [0.29, 0.717) is 16.9 Å². The van der Waals surface area contributed by atoms with Crippen LogP contribution in [0.2, 0.25) is 0 Å². The average molecular weight is 445 g/mol. The third-order valence-corrected chi connectivity index (χ3v) is 5.82. The Morgan fingerprint density at radius 3 is 2.18 bits per heavy atom. The van der Waals surface area contributed by atoms with Crippen LogP contribution in [0.4, 0.5) is 0 Å². The zero-order chi connectivity index (χ0) is 23.0. The summed E-state index contributed by atoms with van der Waals surface area (Å²) in [6, 6.07) is 23.4. The lowest BCUT2D eigenvalue weighted by Gasteiger charge is -2.32. The Morgan fingerprint density at radius 2 is 1.52 bits per heavy atom. The first-order chi connectivity index (χ1) is 16.1. The van der Waals surface area contributed by atoms with Crippen molar-refractivity contribution >= 4 is 11.7 Å². The van der Waals surface area contributed by atoms with Gasteiger partial charge in [0.25, 0.3) is 5.91 Å². The Bertz CT molecular complexity index is 1060. The van der Waals surface area contributed by atoms with E-state index in [1.54, 1.807) is 48.5 Å². The Balaban J connectivity index is 1.18. The van der Waals surface area contributed by atoms with Crippen LogP contribution in [0.25, 0.3) is 0 Å². The lowest BCUT2D eigenvalue weighted by molar-refractivity contribution is -0.124. The molecule has 3 aromatic rings. The number of aromatic hydroxyl groups is 1. The van der Waals surface area contributed by atoms with Crippen LogP contribution in [-0.4, -0.2) is 47.4 Å². The molecule has 3 aromatic carbocycles. The number of hydrogen-bond donors (Lipinski definition) is 2. The molecule has 4 rings (SSSR count). The molecule has 1 aliphatic rings. The summed E-state index contributed by atoms with van der Waals surface area (Å²) in [7, 11) is 0. The van der Waals surface area contributed by atoms with E-state index in [4.69, 9.17) is 4.74 Å². The Morgan fingerprint density at radius 1 is 0.879 bits per heavy atom. The fraction of sp³-hybridized carbons (Fsp3) is 0.259. The number of hydrogen-bond acceptors (Lipinski definition) is 5. The van der Waals surface area contributed by atoms with E-state index in [1.807, 2.05) is 30.3 Å². The number of ketones is 1. The number of phenols is 1. The van der Waals surface area contributed by atoms with Crippen LogP contribution in [0.15, 0.2) is 78.9 Å². The highest BCUT2D eigenvalue weighted by atomic mass is 16.5. The first-order valence-corrected chi connectivity index (χ1v) is 11.2. The van der Waals surface area contributed by atoms with Crippen LogP contribution in [-0.2, 0) is 11.3 Å². The SMILES string of the molecule is O=C(COc1ccc(C(=O)c2ccccc2)cc1)NC1CCN(Cc2ccc(O)cc2)CC1. The Labute approximate surface area is 193 Å². The second-order valence-corrected chi connectivity index (χ2v) is 8.29. The van der Waals surface area contributed by atoms with Gasteiger partial charge in [0.1, 0.15) is 11.5 Å². The van der Waals surface area contributed by atoms with Crippen molar-refractivity contribution < 1.29 is 19.4 Å². The summed E-state index contributed by atoms with van der Waals surface area (Å²) in [5.41, 5.74) is 2.39. The summed E-state index contributed by atoms with van der Waals surface area (Å²) >= 11 is 0. The summed E-state index contributed by atoms with van der Waals surface area (Å²) < 4.78 is 5.61. The second-order valence-electron chi connectivity index (χ2n) is 8.29. The molecule has 170 valence electrons. The molecule has 0 saturated carbocycles. The first-order valence-electron chi connectivity index (χ1n) is 11.2. The number of amides is 1. The molecule has 0 spiro atoms. The Hall–Kier alpha value is -3.64. The van der Waals surface area contributed by atoms with Gasteiger partial charge < -0.3 is 15.2 Å². The summed E-state index contributed by atoms with van der Waals surface area (Å²) in [6.07, 6.45) is 1.78. The molecule has 6 heteroatoms. The van der Waals surface area contributed by atoms with Crippen molar-refractivity contribution in [1.82, 2.24) is 10.2 Å². The number of benzene rings is 3. The van der Waals surface area contributed by atoms with E-state index in [9.17, 15) is 14.7 Å². The number of carbonyl (C=O) groups is 2. The fourth-order valence-corrected chi connectivity index (χ4v) is 3.97. The topological polar surface area (TPSA) is 78.9 Å². The highest BCUT2D eigenvalue weighted by molar-refractivity contribution is 6.08. The minimum absolute atomic E-state index is 0.0448. The fourth-order valence-electron chi connectivity index (χ4n) is 3.97. The van der Waals surface area contributed by atoms with Gasteiger partial charge in [0.2, 0.25) is 0 Å². The van der Waals surface area contributed by atoms with Gasteiger partial charge in [-0.1, -0.05) is 42.5 Å². The summed E-state index contributed by atoms with van der Waals surface area (Å²) in [5.74, 6) is 0.644. The van der Waals surface area contributed by atoms with E-state index in [2.05, 4.69) is 10.2 Å². The maximum Gasteiger partial charge on any atom is 0.258 e. The van der Waals surface area contributed by atoms with Gasteiger partial charge in [-0.3, -0.25) is 14.5 Å². The van der Waals surface area contributed by atoms with Crippen molar-refractivity contribution in [3.63, 3.8) is 0 Å². The number of rotatable bonds is 8. The van der Waals surface area contributed by atoms with Gasteiger partial charge in [-0.2, -0.15) is 0 Å². The van der Waals surface area contributed by atoms with Crippen LogP contribution in [0.5, 0.6) is 11.5 Å². The molecule has 1 fully saturated rings. The molecule has 6 nitrogen and oxygen atoms in total. The molecule has 1 saturated heterocycles. The second kappa shape index (κ2) is 10.8. The van der Waals surface area contributed by atoms with Crippen molar-refractivity contribution in [3.05, 3.63) is 95.6 Å². The smallest absolute Gasteiger partial charge is 0.258 e.